The number of thiophene rings is 1. The molecule has 0 radical (unpaired) electrons. The maximum Gasteiger partial charge on any atom is 0.0487 e. The number of hydrogen-bond donors (Lipinski definition) is 1. The molecule has 1 aromatic heterocycles. The maximum atomic E-state index is 5.65. The summed E-state index contributed by atoms with van der Waals surface area (Å²) in [5.41, 5.74) is 9.39. The van der Waals surface area contributed by atoms with E-state index in [2.05, 4.69) is 52.5 Å². The largest absolute Gasteiger partial charge is 0.326 e. The second-order valence-corrected chi connectivity index (χ2v) is 5.22. The van der Waals surface area contributed by atoms with Crippen LogP contribution in [-0.4, -0.2) is 0 Å². The Kier molecular flexibility index (Phi) is 3.24. The minimum atomic E-state index is 0.594. The lowest BCUT2D eigenvalue weighted by atomic mass is 10.0. The van der Waals surface area contributed by atoms with Gasteiger partial charge in [0.15, 0.2) is 0 Å². The molecule has 78 valence electrons. The van der Waals surface area contributed by atoms with E-state index >= 15 is 0 Å². The Bertz CT molecular complexity index is 476. The van der Waals surface area contributed by atoms with Crippen LogP contribution in [0.25, 0.3) is 10.4 Å². The zero-order chi connectivity index (χ0) is 10.8. The van der Waals surface area contributed by atoms with Crippen LogP contribution in [0.5, 0.6) is 0 Å². The normalized spacial score (nSPS) is 10.6. The van der Waals surface area contributed by atoms with Crippen molar-refractivity contribution in [2.75, 3.05) is 0 Å². The van der Waals surface area contributed by atoms with E-state index in [9.17, 15) is 0 Å². The molecule has 1 nitrogen and oxygen atoms in total. The number of hydrogen-bond acceptors (Lipinski definition) is 2. The molecular formula is C12H12BrNS. The van der Waals surface area contributed by atoms with Gasteiger partial charge in [0.2, 0.25) is 0 Å². The average Bonchev–Trinajstić information content (AvgIpc) is 2.65. The Morgan fingerprint density at radius 3 is 2.73 bits per heavy atom. The number of rotatable bonds is 2. The van der Waals surface area contributed by atoms with Crippen molar-refractivity contribution in [2.24, 2.45) is 5.73 Å². The second-order valence-electron chi connectivity index (χ2n) is 3.45. The number of nitrogens with two attached hydrogens (primary N) is 1. The summed E-state index contributed by atoms with van der Waals surface area (Å²) in [5.74, 6) is 0. The van der Waals surface area contributed by atoms with Crippen LogP contribution in [-0.2, 0) is 6.54 Å². The molecule has 0 fully saturated rings. The minimum absolute atomic E-state index is 0.594. The molecule has 2 aromatic rings. The zero-order valence-electron chi connectivity index (χ0n) is 8.46. The first-order valence-electron chi connectivity index (χ1n) is 4.75. The first-order valence-corrected chi connectivity index (χ1v) is 6.42. The van der Waals surface area contributed by atoms with E-state index in [4.69, 9.17) is 5.73 Å². The molecule has 0 spiro atoms. The molecule has 0 atom stereocenters. The molecule has 0 amide bonds. The number of benzene rings is 1. The van der Waals surface area contributed by atoms with Crippen molar-refractivity contribution in [3.05, 3.63) is 45.2 Å². The highest BCUT2D eigenvalue weighted by Gasteiger charge is 2.07. The van der Waals surface area contributed by atoms with Crippen molar-refractivity contribution in [3.8, 4) is 10.4 Å². The van der Waals surface area contributed by atoms with E-state index in [-0.39, 0.29) is 0 Å². The van der Waals surface area contributed by atoms with Crippen LogP contribution in [0.4, 0.5) is 0 Å². The number of aryl methyl sites for hydroxylation is 1. The van der Waals surface area contributed by atoms with Crippen molar-refractivity contribution in [3.63, 3.8) is 0 Å². The van der Waals surface area contributed by atoms with Gasteiger partial charge in [0.25, 0.3) is 0 Å². The topological polar surface area (TPSA) is 26.0 Å². The Labute approximate surface area is 102 Å². The van der Waals surface area contributed by atoms with Gasteiger partial charge < -0.3 is 5.73 Å². The van der Waals surface area contributed by atoms with Crippen LogP contribution >= 0.6 is 27.3 Å². The molecule has 0 aliphatic carbocycles. The van der Waals surface area contributed by atoms with Crippen LogP contribution in [0.15, 0.2) is 34.1 Å². The van der Waals surface area contributed by atoms with Crippen molar-refractivity contribution in [1.29, 1.82) is 0 Å². The zero-order valence-corrected chi connectivity index (χ0v) is 10.9. The van der Waals surface area contributed by atoms with Crippen LogP contribution in [0.1, 0.15) is 11.1 Å². The van der Waals surface area contributed by atoms with Gasteiger partial charge in [-0.15, -0.1) is 11.3 Å². The van der Waals surface area contributed by atoms with Crippen LogP contribution in [0, 0.1) is 6.92 Å². The van der Waals surface area contributed by atoms with E-state index in [0.29, 0.717) is 6.54 Å². The van der Waals surface area contributed by atoms with E-state index in [1.807, 2.05) is 0 Å². The monoisotopic (exact) mass is 281 g/mol. The van der Waals surface area contributed by atoms with Gasteiger partial charge in [-0.3, -0.25) is 0 Å². The fourth-order valence-electron chi connectivity index (χ4n) is 1.53. The van der Waals surface area contributed by atoms with Gasteiger partial charge in [0.05, 0.1) is 0 Å². The van der Waals surface area contributed by atoms with Crippen molar-refractivity contribution < 1.29 is 0 Å². The smallest absolute Gasteiger partial charge is 0.0487 e. The summed E-state index contributed by atoms with van der Waals surface area (Å²) in [6.45, 7) is 2.72. The summed E-state index contributed by atoms with van der Waals surface area (Å²) in [6.07, 6.45) is 0. The molecule has 2 rings (SSSR count). The Morgan fingerprint density at radius 1 is 1.33 bits per heavy atom. The Morgan fingerprint density at radius 2 is 2.13 bits per heavy atom. The predicted molar refractivity (Wildman–Crippen MR) is 70.1 cm³/mol. The highest BCUT2D eigenvalue weighted by molar-refractivity contribution is 9.10. The Hall–Kier alpha value is -0.640. The summed E-state index contributed by atoms with van der Waals surface area (Å²) in [4.78, 5) is 1.28. The minimum Gasteiger partial charge on any atom is -0.326 e. The van der Waals surface area contributed by atoms with E-state index in [1.165, 1.54) is 21.6 Å². The molecule has 1 aromatic carbocycles. The molecule has 0 bridgehead atoms. The summed E-state index contributed by atoms with van der Waals surface area (Å²) in [7, 11) is 0. The summed E-state index contributed by atoms with van der Waals surface area (Å²) < 4.78 is 1.16. The number of halogens is 1. The summed E-state index contributed by atoms with van der Waals surface area (Å²) in [6, 6.07) is 8.46. The summed E-state index contributed by atoms with van der Waals surface area (Å²) in [5, 5.41) is 2.09. The fraction of sp³-hybridized carbons (Fsp3) is 0.167. The lowest BCUT2D eigenvalue weighted by molar-refractivity contribution is 1.07. The molecule has 2 N–H and O–H groups in total. The first kappa shape index (κ1) is 10.9. The fourth-order valence-corrected chi connectivity index (χ4v) is 3.20. The van der Waals surface area contributed by atoms with Crippen LogP contribution < -0.4 is 5.73 Å². The third-order valence-electron chi connectivity index (χ3n) is 2.40. The molecular weight excluding hydrogens is 270 g/mol. The van der Waals surface area contributed by atoms with Crippen LogP contribution in [0.2, 0.25) is 0 Å². The maximum absolute atomic E-state index is 5.65. The van der Waals surface area contributed by atoms with Crippen LogP contribution in [0.3, 0.4) is 0 Å². The second kappa shape index (κ2) is 4.47. The van der Waals surface area contributed by atoms with E-state index in [1.54, 1.807) is 11.3 Å². The molecule has 0 aliphatic heterocycles. The molecule has 0 saturated carbocycles. The van der Waals surface area contributed by atoms with Gasteiger partial charge in [-0.05, 0) is 57.1 Å². The van der Waals surface area contributed by atoms with E-state index in [0.717, 1.165) is 4.47 Å². The highest BCUT2D eigenvalue weighted by Crippen LogP contribution is 2.35. The van der Waals surface area contributed by atoms with Gasteiger partial charge in [-0.25, -0.2) is 0 Å². The Balaban J connectivity index is 2.56. The van der Waals surface area contributed by atoms with Gasteiger partial charge >= 0.3 is 0 Å². The van der Waals surface area contributed by atoms with Gasteiger partial charge in [0.1, 0.15) is 0 Å². The average molecular weight is 282 g/mol. The molecule has 1 heterocycles. The molecule has 0 unspecified atom stereocenters. The first-order chi connectivity index (χ1) is 7.22. The third kappa shape index (κ3) is 2.14. The molecule has 15 heavy (non-hydrogen) atoms. The van der Waals surface area contributed by atoms with Gasteiger partial charge in [-0.1, -0.05) is 12.1 Å². The lowest BCUT2D eigenvalue weighted by Gasteiger charge is -2.06. The highest BCUT2D eigenvalue weighted by atomic mass is 79.9. The quantitative estimate of drug-likeness (QED) is 0.887. The lowest BCUT2D eigenvalue weighted by Crippen LogP contribution is -1.96. The predicted octanol–water partition coefficient (Wildman–Crippen LogP) is 3.94. The van der Waals surface area contributed by atoms with Gasteiger partial charge in [0, 0.05) is 15.9 Å². The molecule has 0 saturated heterocycles. The van der Waals surface area contributed by atoms with Crippen molar-refractivity contribution in [2.45, 2.75) is 13.5 Å². The standard InChI is InChI=1S/C12H12BrNS/c1-8-2-3-9(7-14)6-10(8)12-11(13)4-5-15-12/h2-6H,7,14H2,1H3. The third-order valence-corrected chi connectivity index (χ3v) is 4.27. The van der Waals surface area contributed by atoms with Crippen molar-refractivity contribution in [1.82, 2.24) is 0 Å². The SMILES string of the molecule is Cc1ccc(CN)cc1-c1sccc1Br. The molecule has 0 aliphatic rings. The molecule has 3 heteroatoms. The van der Waals surface area contributed by atoms with E-state index < -0.39 is 0 Å². The van der Waals surface area contributed by atoms with Crippen molar-refractivity contribution >= 4 is 27.3 Å². The summed E-state index contributed by atoms with van der Waals surface area (Å²) >= 11 is 5.31. The van der Waals surface area contributed by atoms with Gasteiger partial charge in [-0.2, -0.15) is 0 Å².